The fourth-order valence-electron chi connectivity index (χ4n) is 4.08. The minimum absolute atomic E-state index is 0.0965. The van der Waals surface area contributed by atoms with Crippen LogP contribution in [-0.4, -0.2) is 78.6 Å². The molecule has 1 aromatic rings. The van der Waals surface area contributed by atoms with Crippen molar-refractivity contribution < 1.29 is 9.90 Å². The summed E-state index contributed by atoms with van der Waals surface area (Å²) in [4.78, 5) is 19.5. The van der Waals surface area contributed by atoms with Gasteiger partial charge in [-0.2, -0.15) is 0 Å². The van der Waals surface area contributed by atoms with Crippen LogP contribution in [0.4, 0.5) is 0 Å². The Labute approximate surface area is 157 Å². The number of carbonyl (C=O) groups excluding carboxylic acids is 1. The molecule has 0 aliphatic carbocycles. The third-order valence-corrected chi connectivity index (χ3v) is 5.82. The molecule has 1 N–H and O–H groups in total. The highest BCUT2D eigenvalue weighted by molar-refractivity contribution is 5.76. The smallest absolute Gasteiger partial charge is 0.223 e. The Balaban J connectivity index is 1.40. The van der Waals surface area contributed by atoms with Crippen LogP contribution in [0.2, 0.25) is 0 Å². The van der Waals surface area contributed by atoms with Gasteiger partial charge in [0.25, 0.3) is 0 Å². The minimum atomic E-state index is 0.0965. The predicted octanol–water partition coefficient (Wildman–Crippen LogP) is 1.60. The van der Waals surface area contributed by atoms with Crippen molar-refractivity contribution in [2.75, 3.05) is 52.9 Å². The quantitative estimate of drug-likeness (QED) is 0.838. The summed E-state index contributed by atoms with van der Waals surface area (Å²) in [5, 5.41) is 9.13. The van der Waals surface area contributed by atoms with Gasteiger partial charge in [0.05, 0.1) is 6.61 Å². The molecule has 0 radical (unpaired) electrons. The van der Waals surface area contributed by atoms with Crippen molar-refractivity contribution in [2.45, 2.75) is 32.3 Å². The summed E-state index contributed by atoms with van der Waals surface area (Å²) < 4.78 is 0. The van der Waals surface area contributed by atoms with Gasteiger partial charge in [0.15, 0.2) is 0 Å². The van der Waals surface area contributed by atoms with Crippen molar-refractivity contribution in [2.24, 2.45) is 5.92 Å². The number of benzene rings is 1. The Morgan fingerprint density at radius 1 is 1.08 bits per heavy atom. The average molecular weight is 360 g/mol. The van der Waals surface area contributed by atoms with E-state index >= 15 is 0 Å². The lowest BCUT2D eigenvalue weighted by molar-refractivity contribution is -0.130. The lowest BCUT2D eigenvalue weighted by atomic mass is 9.98. The number of rotatable bonds is 6. The molecule has 0 unspecified atom stereocenters. The van der Waals surface area contributed by atoms with Crippen LogP contribution in [-0.2, 0) is 17.8 Å². The maximum Gasteiger partial charge on any atom is 0.223 e. The summed E-state index contributed by atoms with van der Waals surface area (Å²) in [5.41, 5.74) is 2.26. The molecular formula is C21H33N3O2. The van der Waals surface area contributed by atoms with Crippen molar-refractivity contribution in [3.63, 3.8) is 0 Å². The van der Waals surface area contributed by atoms with E-state index in [1.54, 1.807) is 0 Å². The van der Waals surface area contributed by atoms with Gasteiger partial charge in [0.2, 0.25) is 5.91 Å². The van der Waals surface area contributed by atoms with E-state index in [0.717, 1.165) is 64.2 Å². The molecule has 5 heteroatoms. The number of nitrogens with zero attached hydrogens (tertiary/aromatic N) is 3. The summed E-state index contributed by atoms with van der Waals surface area (Å²) in [5.74, 6) is 0.881. The van der Waals surface area contributed by atoms with Crippen LogP contribution in [0.5, 0.6) is 0 Å². The van der Waals surface area contributed by atoms with Gasteiger partial charge < -0.3 is 19.8 Å². The first-order valence-corrected chi connectivity index (χ1v) is 10.0. The van der Waals surface area contributed by atoms with Crippen LogP contribution in [0, 0.1) is 5.92 Å². The molecule has 0 bridgehead atoms. The first-order chi connectivity index (χ1) is 12.6. The van der Waals surface area contributed by atoms with E-state index in [0.29, 0.717) is 18.2 Å². The topological polar surface area (TPSA) is 47.0 Å². The van der Waals surface area contributed by atoms with Gasteiger partial charge in [0.1, 0.15) is 0 Å². The molecule has 2 heterocycles. The van der Waals surface area contributed by atoms with Gasteiger partial charge in [0, 0.05) is 39.1 Å². The third-order valence-electron chi connectivity index (χ3n) is 5.82. The zero-order valence-electron chi connectivity index (χ0n) is 16.1. The lowest BCUT2D eigenvalue weighted by Gasteiger charge is -2.22. The predicted molar refractivity (Wildman–Crippen MR) is 104 cm³/mol. The van der Waals surface area contributed by atoms with Gasteiger partial charge >= 0.3 is 0 Å². The van der Waals surface area contributed by atoms with E-state index in [4.69, 9.17) is 5.11 Å². The molecule has 2 aliphatic heterocycles. The molecule has 0 aromatic heterocycles. The second kappa shape index (κ2) is 9.49. The molecule has 0 spiro atoms. The molecule has 26 heavy (non-hydrogen) atoms. The monoisotopic (exact) mass is 359 g/mol. The van der Waals surface area contributed by atoms with E-state index < -0.39 is 0 Å². The first-order valence-electron chi connectivity index (χ1n) is 10.0. The molecule has 2 aliphatic rings. The highest BCUT2D eigenvalue weighted by Gasteiger charge is 2.26. The molecule has 144 valence electrons. The number of hydrogen-bond donors (Lipinski definition) is 1. The molecule has 2 saturated heterocycles. The van der Waals surface area contributed by atoms with Gasteiger partial charge in [-0.3, -0.25) is 4.79 Å². The lowest BCUT2D eigenvalue weighted by Crippen LogP contribution is -2.35. The average Bonchev–Trinajstić information content (AvgIpc) is 3.02. The summed E-state index contributed by atoms with van der Waals surface area (Å²) in [6.07, 6.45) is 3.98. The van der Waals surface area contributed by atoms with Crippen molar-refractivity contribution in [1.29, 1.82) is 0 Å². The standard InChI is InChI=1S/C21H33N3O2/c1-22-9-2-10-23(14-13-22)11-8-21(26)24-12-7-20(16-24)15-18-3-5-19(17-25)6-4-18/h3-6,20,25H,2,7-17H2,1H3/t20-/m1/s1. The fourth-order valence-corrected chi connectivity index (χ4v) is 4.08. The molecule has 1 atom stereocenters. The van der Waals surface area contributed by atoms with Crippen molar-refractivity contribution >= 4 is 5.91 Å². The van der Waals surface area contributed by atoms with E-state index in [1.807, 2.05) is 12.1 Å². The summed E-state index contributed by atoms with van der Waals surface area (Å²) in [6.45, 7) is 7.26. The van der Waals surface area contributed by atoms with Gasteiger partial charge in [-0.25, -0.2) is 0 Å². The highest BCUT2D eigenvalue weighted by Crippen LogP contribution is 2.22. The van der Waals surface area contributed by atoms with E-state index in [1.165, 1.54) is 12.0 Å². The Morgan fingerprint density at radius 3 is 2.62 bits per heavy atom. The van der Waals surface area contributed by atoms with Gasteiger partial charge in [-0.15, -0.1) is 0 Å². The molecule has 1 amide bonds. The number of likely N-dealkylation sites (tertiary alicyclic amines) is 1. The van der Waals surface area contributed by atoms with E-state index in [9.17, 15) is 4.79 Å². The molecule has 2 fully saturated rings. The summed E-state index contributed by atoms with van der Waals surface area (Å²) in [6, 6.07) is 8.19. The van der Waals surface area contributed by atoms with E-state index in [2.05, 4.69) is 33.9 Å². The number of hydrogen-bond acceptors (Lipinski definition) is 4. The normalized spacial score (nSPS) is 22.5. The first kappa shape index (κ1) is 19.3. The summed E-state index contributed by atoms with van der Waals surface area (Å²) in [7, 11) is 2.18. The Kier molecular flexibility index (Phi) is 7.06. The maximum atomic E-state index is 12.6. The maximum absolute atomic E-state index is 12.6. The Bertz CT molecular complexity index is 575. The van der Waals surface area contributed by atoms with Crippen LogP contribution < -0.4 is 0 Å². The Morgan fingerprint density at radius 2 is 1.85 bits per heavy atom. The second-order valence-electron chi connectivity index (χ2n) is 7.92. The highest BCUT2D eigenvalue weighted by atomic mass is 16.3. The number of aliphatic hydroxyl groups is 1. The third kappa shape index (κ3) is 5.53. The zero-order valence-corrected chi connectivity index (χ0v) is 16.1. The SMILES string of the molecule is CN1CCCN(CCC(=O)N2CC[C@H](Cc3ccc(CO)cc3)C2)CC1. The van der Waals surface area contributed by atoms with Crippen LogP contribution in [0.3, 0.4) is 0 Å². The number of likely N-dealkylation sites (N-methyl/N-ethyl adjacent to an activating group) is 1. The zero-order chi connectivity index (χ0) is 18.4. The van der Waals surface area contributed by atoms with Crippen LogP contribution >= 0.6 is 0 Å². The van der Waals surface area contributed by atoms with Crippen LogP contribution in [0.25, 0.3) is 0 Å². The van der Waals surface area contributed by atoms with Crippen molar-refractivity contribution in [1.82, 2.24) is 14.7 Å². The number of amides is 1. The van der Waals surface area contributed by atoms with Crippen LogP contribution in [0.15, 0.2) is 24.3 Å². The van der Waals surface area contributed by atoms with Crippen molar-refractivity contribution in [3.05, 3.63) is 35.4 Å². The van der Waals surface area contributed by atoms with E-state index in [-0.39, 0.29) is 6.61 Å². The second-order valence-corrected chi connectivity index (χ2v) is 7.92. The number of carbonyl (C=O) groups is 1. The minimum Gasteiger partial charge on any atom is -0.392 e. The molecular weight excluding hydrogens is 326 g/mol. The van der Waals surface area contributed by atoms with Crippen LogP contribution in [0.1, 0.15) is 30.4 Å². The van der Waals surface area contributed by atoms with Gasteiger partial charge in [-0.05, 0) is 56.4 Å². The van der Waals surface area contributed by atoms with Gasteiger partial charge in [-0.1, -0.05) is 24.3 Å². The largest absolute Gasteiger partial charge is 0.392 e. The molecule has 3 rings (SSSR count). The summed E-state index contributed by atoms with van der Waals surface area (Å²) >= 11 is 0. The van der Waals surface area contributed by atoms with Crippen molar-refractivity contribution in [3.8, 4) is 0 Å². The Hall–Kier alpha value is -1.43. The number of aliphatic hydroxyl groups excluding tert-OH is 1. The fraction of sp³-hybridized carbons (Fsp3) is 0.667. The molecule has 0 saturated carbocycles. The molecule has 5 nitrogen and oxygen atoms in total. The molecule has 1 aromatic carbocycles.